The summed E-state index contributed by atoms with van der Waals surface area (Å²) < 4.78 is 0. The van der Waals surface area contributed by atoms with Gasteiger partial charge in [-0.25, -0.2) is 5.43 Å². The largest absolute Gasteiger partial charge is 0.508 e. The van der Waals surface area contributed by atoms with E-state index in [-0.39, 0.29) is 5.75 Å². The molecule has 3 aromatic rings. The molecule has 9 heteroatoms. The third-order valence-electron chi connectivity index (χ3n) is 4.37. The maximum Gasteiger partial charge on any atom is 0.250 e. The molecule has 0 amide bonds. The fourth-order valence-corrected chi connectivity index (χ4v) is 2.82. The van der Waals surface area contributed by atoms with Gasteiger partial charge in [-0.1, -0.05) is 17.7 Å². The molecule has 30 heavy (non-hydrogen) atoms. The van der Waals surface area contributed by atoms with E-state index in [1.165, 1.54) is 0 Å². The Labute approximate surface area is 180 Å². The van der Waals surface area contributed by atoms with E-state index in [1.54, 1.807) is 30.5 Å². The maximum absolute atomic E-state index is 9.37. The second-order valence-corrected chi connectivity index (χ2v) is 6.91. The van der Waals surface area contributed by atoms with Crippen molar-refractivity contribution in [1.82, 2.24) is 15.0 Å². The Morgan fingerprint density at radius 1 is 1.03 bits per heavy atom. The van der Waals surface area contributed by atoms with Crippen molar-refractivity contribution in [3.8, 4) is 5.75 Å². The summed E-state index contributed by atoms with van der Waals surface area (Å²) in [5.41, 5.74) is 5.45. The van der Waals surface area contributed by atoms with E-state index in [4.69, 9.17) is 11.6 Å². The molecule has 0 atom stereocenters. The molecular weight excluding hydrogens is 402 g/mol. The quantitative estimate of drug-likeness (QED) is 0.359. The topological polar surface area (TPSA) is 98.6 Å². The van der Waals surface area contributed by atoms with Gasteiger partial charge in [-0.3, -0.25) is 0 Å². The molecule has 0 bridgehead atoms. The summed E-state index contributed by atoms with van der Waals surface area (Å²) in [5.74, 6) is 1.43. The summed E-state index contributed by atoms with van der Waals surface area (Å²) in [5, 5.41) is 17.4. The number of hydrazone groups is 1. The summed E-state index contributed by atoms with van der Waals surface area (Å²) in [6.07, 6.45) is 1.62. The molecule has 0 aliphatic rings. The van der Waals surface area contributed by atoms with Gasteiger partial charge in [0.1, 0.15) is 5.75 Å². The van der Waals surface area contributed by atoms with Crippen molar-refractivity contribution >= 4 is 41.3 Å². The summed E-state index contributed by atoms with van der Waals surface area (Å²) in [6, 6.07) is 12.4. The zero-order valence-corrected chi connectivity index (χ0v) is 17.9. The molecule has 3 N–H and O–H groups in total. The SMILES string of the molecule is CCN(CC)c1nc(NN=Cc2ccc(O)cc2)nc(Nc2ccc(C)c(Cl)c2)n1. The number of aryl methyl sites for hydroxylation is 1. The highest BCUT2D eigenvalue weighted by Gasteiger charge is 2.11. The smallest absolute Gasteiger partial charge is 0.250 e. The van der Waals surface area contributed by atoms with Gasteiger partial charge >= 0.3 is 0 Å². The lowest BCUT2D eigenvalue weighted by molar-refractivity contribution is 0.475. The lowest BCUT2D eigenvalue weighted by Crippen LogP contribution is -2.25. The molecule has 0 unspecified atom stereocenters. The molecule has 0 radical (unpaired) electrons. The Morgan fingerprint density at radius 3 is 2.40 bits per heavy atom. The third-order valence-corrected chi connectivity index (χ3v) is 4.78. The van der Waals surface area contributed by atoms with Gasteiger partial charge in [-0.05, 0) is 68.3 Å². The number of phenolic OH excluding ortho intramolecular Hbond substituents is 1. The van der Waals surface area contributed by atoms with Crippen molar-refractivity contribution in [3.63, 3.8) is 0 Å². The lowest BCUT2D eigenvalue weighted by Gasteiger charge is -2.19. The number of rotatable bonds is 8. The van der Waals surface area contributed by atoms with Gasteiger partial charge in [-0.2, -0.15) is 20.1 Å². The second-order valence-electron chi connectivity index (χ2n) is 6.51. The molecule has 0 saturated heterocycles. The predicted molar refractivity (Wildman–Crippen MR) is 122 cm³/mol. The summed E-state index contributed by atoms with van der Waals surface area (Å²) in [6.45, 7) is 7.53. The summed E-state index contributed by atoms with van der Waals surface area (Å²) in [4.78, 5) is 15.4. The van der Waals surface area contributed by atoms with Crippen molar-refractivity contribution < 1.29 is 5.11 Å². The molecule has 0 aliphatic carbocycles. The van der Waals surface area contributed by atoms with Gasteiger partial charge < -0.3 is 15.3 Å². The highest BCUT2D eigenvalue weighted by Crippen LogP contribution is 2.23. The average molecular weight is 426 g/mol. The van der Waals surface area contributed by atoms with Crippen LogP contribution in [0.5, 0.6) is 5.75 Å². The van der Waals surface area contributed by atoms with E-state index in [9.17, 15) is 5.11 Å². The first-order valence-corrected chi connectivity index (χ1v) is 9.98. The first kappa shape index (κ1) is 21.3. The van der Waals surface area contributed by atoms with E-state index in [2.05, 4.69) is 30.8 Å². The van der Waals surface area contributed by atoms with Crippen molar-refractivity contribution in [1.29, 1.82) is 0 Å². The van der Waals surface area contributed by atoms with Crippen LogP contribution in [0.4, 0.5) is 23.5 Å². The number of hydrogen-bond acceptors (Lipinski definition) is 8. The number of hydrogen-bond donors (Lipinski definition) is 3. The van der Waals surface area contributed by atoms with E-state index in [0.717, 1.165) is 29.9 Å². The number of anilines is 4. The summed E-state index contributed by atoms with van der Waals surface area (Å²) in [7, 11) is 0. The zero-order chi connectivity index (χ0) is 21.5. The Kier molecular flexibility index (Phi) is 7.03. The molecule has 1 heterocycles. The van der Waals surface area contributed by atoms with Gasteiger partial charge in [0, 0.05) is 23.8 Å². The van der Waals surface area contributed by atoms with Gasteiger partial charge in [0.05, 0.1) is 6.21 Å². The molecule has 3 rings (SSSR count). The van der Waals surface area contributed by atoms with Gasteiger partial charge in [0.2, 0.25) is 17.8 Å². The van der Waals surface area contributed by atoms with E-state index >= 15 is 0 Å². The highest BCUT2D eigenvalue weighted by molar-refractivity contribution is 6.31. The number of phenols is 1. The molecular formula is C21H24ClN7O. The minimum absolute atomic E-state index is 0.202. The first-order chi connectivity index (χ1) is 14.5. The molecule has 156 valence electrons. The summed E-state index contributed by atoms with van der Waals surface area (Å²) >= 11 is 6.23. The number of benzene rings is 2. The fourth-order valence-electron chi connectivity index (χ4n) is 2.64. The van der Waals surface area contributed by atoms with Gasteiger partial charge in [0.25, 0.3) is 0 Å². The number of nitrogens with one attached hydrogen (secondary N) is 2. The normalized spacial score (nSPS) is 10.9. The first-order valence-electron chi connectivity index (χ1n) is 9.60. The Hall–Kier alpha value is -3.39. The van der Waals surface area contributed by atoms with Crippen LogP contribution in [0, 0.1) is 6.92 Å². The van der Waals surface area contributed by atoms with E-state index < -0.39 is 0 Å². The fraction of sp³-hybridized carbons (Fsp3) is 0.238. The van der Waals surface area contributed by atoms with Crippen LogP contribution >= 0.6 is 11.6 Å². The third kappa shape index (κ3) is 5.57. The van der Waals surface area contributed by atoms with Crippen LogP contribution in [0.15, 0.2) is 47.6 Å². The molecule has 0 spiro atoms. The molecule has 2 aromatic carbocycles. The number of aromatic nitrogens is 3. The number of nitrogens with zero attached hydrogens (tertiary/aromatic N) is 5. The van der Waals surface area contributed by atoms with Crippen LogP contribution in [-0.4, -0.2) is 39.4 Å². The predicted octanol–water partition coefficient (Wildman–Crippen LogP) is 4.57. The van der Waals surface area contributed by atoms with Crippen LogP contribution in [0.3, 0.4) is 0 Å². The Morgan fingerprint density at radius 2 is 1.73 bits per heavy atom. The molecule has 0 aliphatic heterocycles. The van der Waals surface area contributed by atoms with E-state index in [0.29, 0.717) is 22.9 Å². The molecule has 1 aromatic heterocycles. The minimum atomic E-state index is 0.202. The van der Waals surface area contributed by atoms with Crippen molar-refractivity contribution in [2.24, 2.45) is 5.10 Å². The second kappa shape index (κ2) is 9.89. The lowest BCUT2D eigenvalue weighted by atomic mass is 10.2. The number of halogens is 1. The van der Waals surface area contributed by atoms with Crippen LogP contribution < -0.4 is 15.6 Å². The molecule has 0 fully saturated rings. The zero-order valence-electron chi connectivity index (χ0n) is 17.1. The van der Waals surface area contributed by atoms with Crippen molar-refractivity contribution in [3.05, 3.63) is 58.6 Å². The van der Waals surface area contributed by atoms with Crippen LogP contribution in [0.1, 0.15) is 25.0 Å². The van der Waals surface area contributed by atoms with E-state index in [1.807, 2.05) is 43.9 Å². The van der Waals surface area contributed by atoms with Crippen molar-refractivity contribution in [2.75, 3.05) is 28.7 Å². The van der Waals surface area contributed by atoms with Crippen molar-refractivity contribution in [2.45, 2.75) is 20.8 Å². The molecule has 8 nitrogen and oxygen atoms in total. The number of aromatic hydroxyl groups is 1. The Balaban J connectivity index is 1.85. The monoisotopic (exact) mass is 425 g/mol. The van der Waals surface area contributed by atoms with Gasteiger partial charge in [-0.15, -0.1) is 0 Å². The van der Waals surface area contributed by atoms with Gasteiger partial charge in [0.15, 0.2) is 0 Å². The van der Waals surface area contributed by atoms with Crippen LogP contribution in [0.2, 0.25) is 5.02 Å². The Bertz CT molecular complexity index is 1020. The maximum atomic E-state index is 9.37. The standard InChI is InChI=1S/C21H24ClN7O/c1-4-29(5-2)21-26-19(24-16-9-6-14(3)18(22)12-16)25-20(27-21)28-23-13-15-7-10-17(30)11-8-15/h6-13,30H,4-5H2,1-3H3,(H2,24,25,26,27,28). The average Bonchev–Trinajstić information content (AvgIpc) is 2.73. The van der Waals surface area contributed by atoms with Crippen LogP contribution in [-0.2, 0) is 0 Å². The van der Waals surface area contributed by atoms with Crippen LogP contribution in [0.25, 0.3) is 0 Å². The highest BCUT2D eigenvalue weighted by atomic mass is 35.5. The molecule has 0 saturated carbocycles. The minimum Gasteiger partial charge on any atom is -0.508 e.